The molecule has 0 saturated carbocycles. The van der Waals surface area contributed by atoms with Crippen molar-refractivity contribution in [2.75, 3.05) is 6.26 Å². The van der Waals surface area contributed by atoms with Gasteiger partial charge in [0.1, 0.15) is 0 Å². The first-order valence-corrected chi connectivity index (χ1v) is 10.4. The molecule has 29 heavy (non-hydrogen) atoms. The molecule has 3 rings (SSSR count). The number of hydrogen-bond acceptors (Lipinski definition) is 5. The van der Waals surface area contributed by atoms with Crippen molar-refractivity contribution in [3.8, 4) is 11.3 Å². The van der Waals surface area contributed by atoms with E-state index in [-0.39, 0.29) is 5.96 Å². The summed E-state index contributed by atoms with van der Waals surface area (Å²) >= 11 is 0. The van der Waals surface area contributed by atoms with Crippen LogP contribution < -0.4 is 11.1 Å². The van der Waals surface area contributed by atoms with E-state index in [1.807, 2.05) is 43.3 Å². The molecule has 1 aromatic heterocycles. The first kappa shape index (κ1) is 22.0. The van der Waals surface area contributed by atoms with E-state index in [0.29, 0.717) is 17.5 Å². The van der Waals surface area contributed by atoms with Crippen molar-refractivity contribution in [3.63, 3.8) is 0 Å². The van der Waals surface area contributed by atoms with Gasteiger partial charge >= 0.3 is 0 Å². The zero-order valence-corrected chi connectivity index (χ0v) is 17.0. The molecule has 9 heteroatoms. The number of pyridine rings is 1. The van der Waals surface area contributed by atoms with Crippen LogP contribution in [0.15, 0.2) is 48.5 Å². The fraction of sp³-hybridized carbons (Fsp3) is 0.150. The minimum absolute atomic E-state index is 0.381. The van der Waals surface area contributed by atoms with E-state index in [0.717, 1.165) is 22.0 Å². The number of nitrogens with zero attached hydrogens (tertiary/aromatic N) is 1. The van der Waals surface area contributed by atoms with Crippen molar-refractivity contribution in [2.24, 2.45) is 5.73 Å². The molecule has 0 unspecified atom stereocenters. The average Bonchev–Trinajstić information content (AvgIpc) is 2.61. The largest absolute Gasteiger partial charge is 0.370 e. The zero-order valence-electron chi connectivity index (χ0n) is 16.2. The molecular weight excluding hydrogens is 392 g/mol. The van der Waals surface area contributed by atoms with E-state index in [4.69, 9.17) is 15.7 Å². The van der Waals surface area contributed by atoms with Gasteiger partial charge in [-0.1, -0.05) is 30.3 Å². The molecule has 0 fully saturated rings. The molecule has 1 heterocycles. The summed E-state index contributed by atoms with van der Waals surface area (Å²) in [7, 11) is -3.67. The molecule has 0 radical (unpaired) electrons. The number of benzene rings is 2. The smallest absolute Gasteiger partial charge is 0.261 e. The Balaban J connectivity index is 0.000000537. The van der Waals surface area contributed by atoms with Crippen molar-refractivity contribution in [1.29, 1.82) is 5.41 Å². The summed E-state index contributed by atoms with van der Waals surface area (Å²) in [5, 5.41) is 10.4. The fourth-order valence-corrected chi connectivity index (χ4v) is 2.60. The second-order valence-corrected chi connectivity index (χ2v) is 7.94. The molecule has 0 bridgehead atoms. The lowest BCUT2D eigenvalue weighted by atomic mass is 10.0. The van der Waals surface area contributed by atoms with Gasteiger partial charge in [-0.05, 0) is 43.2 Å². The number of carbonyl (C=O) groups is 1. The number of guanidine groups is 1. The van der Waals surface area contributed by atoms with Crippen LogP contribution in [-0.4, -0.2) is 36.1 Å². The van der Waals surface area contributed by atoms with Crippen LogP contribution in [-0.2, 0) is 10.1 Å². The van der Waals surface area contributed by atoms with E-state index in [1.165, 1.54) is 5.56 Å². The zero-order chi connectivity index (χ0) is 21.8. The minimum Gasteiger partial charge on any atom is -0.370 e. The van der Waals surface area contributed by atoms with E-state index >= 15 is 0 Å². The van der Waals surface area contributed by atoms with Crippen LogP contribution in [0.2, 0.25) is 0 Å². The molecule has 0 aliphatic rings. The number of carbonyl (C=O) groups excluding carboxylic acids is 1. The van der Waals surface area contributed by atoms with Gasteiger partial charge < -0.3 is 5.73 Å². The predicted molar refractivity (Wildman–Crippen MR) is 114 cm³/mol. The lowest BCUT2D eigenvalue weighted by Gasteiger charge is -2.11. The third-order valence-corrected chi connectivity index (χ3v) is 4.01. The Labute approximate surface area is 169 Å². The van der Waals surface area contributed by atoms with Crippen LogP contribution in [0, 0.1) is 19.3 Å². The quantitative estimate of drug-likeness (QED) is 0.288. The highest BCUT2D eigenvalue weighted by Gasteiger charge is 2.14. The standard InChI is InChI=1S/C19H18N4O.CH4O3S/c1-11-7-8-13(9-12(11)2)17-10-15(18(24)23-19(20)21)14-5-3-4-6-16(14)22-17;1-5(2,3)4/h3-10H,1-2H3,(H4,20,21,23,24);1H3,(H,2,3,4). The second kappa shape index (κ2) is 8.80. The normalized spacial score (nSPS) is 10.8. The van der Waals surface area contributed by atoms with Gasteiger partial charge in [0.25, 0.3) is 16.0 Å². The lowest BCUT2D eigenvalue weighted by Crippen LogP contribution is -2.35. The summed E-state index contributed by atoms with van der Waals surface area (Å²) in [6.45, 7) is 4.10. The maximum atomic E-state index is 12.4. The second-order valence-electron chi connectivity index (χ2n) is 6.47. The number of nitrogens with two attached hydrogens (primary N) is 1. The Morgan fingerprint density at radius 2 is 1.72 bits per heavy atom. The monoisotopic (exact) mass is 414 g/mol. The minimum atomic E-state index is -3.67. The molecule has 0 aliphatic heterocycles. The number of amides is 1. The van der Waals surface area contributed by atoms with Crippen LogP contribution in [0.4, 0.5) is 0 Å². The van der Waals surface area contributed by atoms with Crippen molar-refractivity contribution in [2.45, 2.75) is 13.8 Å². The molecule has 5 N–H and O–H groups in total. The first-order valence-electron chi connectivity index (χ1n) is 8.51. The first-order chi connectivity index (χ1) is 13.5. The summed E-state index contributed by atoms with van der Waals surface area (Å²) in [4.78, 5) is 17.1. The average molecular weight is 414 g/mol. The summed E-state index contributed by atoms with van der Waals surface area (Å²) in [6, 6.07) is 15.3. The Morgan fingerprint density at radius 3 is 2.31 bits per heavy atom. The van der Waals surface area contributed by atoms with E-state index < -0.39 is 16.0 Å². The van der Waals surface area contributed by atoms with Gasteiger partial charge in [-0.3, -0.25) is 20.1 Å². The summed E-state index contributed by atoms with van der Waals surface area (Å²) in [6.07, 6.45) is 0.715. The Kier molecular flexibility index (Phi) is 6.68. The Bertz CT molecular complexity index is 1180. The number of fused-ring (bicyclic) bond motifs is 1. The molecule has 152 valence electrons. The van der Waals surface area contributed by atoms with Gasteiger partial charge in [0.05, 0.1) is 23.0 Å². The van der Waals surface area contributed by atoms with Gasteiger partial charge in [-0.25, -0.2) is 4.98 Å². The van der Waals surface area contributed by atoms with Crippen molar-refractivity contribution in [3.05, 3.63) is 65.2 Å². The van der Waals surface area contributed by atoms with Crippen molar-refractivity contribution in [1.82, 2.24) is 10.3 Å². The number of aryl methyl sites for hydroxylation is 2. The number of aromatic nitrogens is 1. The Morgan fingerprint density at radius 1 is 1.10 bits per heavy atom. The van der Waals surface area contributed by atoms with Gasteiger partial charge in [0.15, 0.2) is 5.96 Å². The fourth-order valence-electron chi connectivity index (χ4n) is 2.60. The van der Waals surface area contributed by atoms with Crippen LogP contribution in [0.25, 0.3) is 22.2 Å². The molecule has 2 aromatic carbocycles. The molecule has 8 nitrogen and oxygen atoms in total. The highest BCUT2D eigenvalue weighted by molar-refractivity contribution is 7.85. The molecule has 0 spiro atoms. The van der Waals surface area contributed by atoms with E-state index in [9.17, 15) is 13.2 Å². The summed E-state index contributed by atoms with van der Waals surface area (Å²) < 4.78 is 25.9. The van der Waals surface area contributed by atoms with Crippen molar-refractivity contribution < 1.29 is 17.8 Å². The molecule has 3 aromatic rings. The lowest BCUT2D eigenvalue weighted by molar-refractivity contribution is 0.0978. The van der Waals surface area contributed by atoms with Gasteiger partial charge in [-0.15, -0.1) is 0 Å². The predicted octanol–water partition coefficient (Wildman–Crippen LogP) is 2.65. The molecular formula is C20H22N4O4S. The Hall–Kier alpha value is -3.30. The molecule has 0 atom stereocenters. The number of para-hydroxylation sites is 1. The van der Waals surface area contributed by atoms with E-state index in [2.05, 4.69) is 23.3 Å². The van der Waals surface area contributed by atoms with Crippen LogP contribution in [0.3, 0.4) is 0 Å². The number of nitrogens with one attached hydrogen (secondary N) is 2. The maximum absolute atomic E-state index is 12.4. The van der Waals surface area contributed by atoms with Crippen LogP contribution in [0.5, 0.6) is 0 Å². The molecule has 0 aliphatic carbocycles. The third kappa shape index (κ3) is 6.37. The van der Waals surface area contributed by atoms with Gasteiger partial charge in [0.2, 0.25) is 0 Å². The highest BCUT2D eigenvalue weighted by Crippen LogP contribution is 2.26. The molecule has 1 amide bonds. The van der Waals surface area contributed by atoms with Crippen LogP contribution in [0.1, 0.15) is 21.5 Å². The van der Waals surface area contributed by atoms with Crippen LogP contribution >= 0.6 is 0 Å². The van der Waals surface area contributed by atoms with Crippen molar-refractivity contribution >= 4 is 32.9 Å². The topological polar surface area (TPSA) is 146 Å². The van der Waals surface area contributed by atoms with E-state index in [1.54, 1.807) is 6.07 Å². The third-order valence-electron chi connectivity index (χ3n) is 4.01. The highest BCUT2D eigenvalue weighted by atomic mass is 32.2. The SMILES string of the molecule is CS(=O)(=O)O.Cc1ccc(-c2cc(C(=O)NC(=N)N)c3ccccc3n2)cc1C. The summed E-state index contributed by atoms with van der Waals surface area (Å²) in [5.41, 5.74) is 10.5. The number of hydrogen-bond donors (Lipinski definition) is 4. The maximum Gasteiger partial charge on any atom is 0.261 e. The summed E-state index contributed by atoms with van der Waals surface area (Å²) in [5.74, 6) is -0.792. The van der Waals surface area contributed by atoms with Gasteiger partial charge in [-0.2, -0.15) is 8.42 Å². The van der Waals surface area contributed by atoms with Gasteiger partial charge in [0, 0.05) is 10.9 Å². The number of rotatable bonds is 2. The molecule has 0 saturated heterocycles.